The number of rotatable bonds is 5. The van der Waals surface area contributed by atoms with Gasteiger partial charge in [0.05, 0.1) is 0 Å². The SMILES string of the molecule is O=C(Nc1ccc(OCc2ccc(Cl)cc2)cc1)c1cn2cc(F)ccc2n1. The molecule has 28 heavy (non-hydrogen) atoms. The Morgan fingerprint density at radius 3 is 2.54 bits per heavy atom. The fourth-order valence-electron chi connectivity index (χ4n) is 2.65. The first-order valence-corrected chi connectivity index (χ1v) is 8.87. The van der Waals surface area contributed by atoms with Crippen molar-refractivity contribution in [3.05, 3.63) is 95.2 Å². The van der Waals surface area contributed by atoms with E-state index in [1.807, 2.05) is 24.3 Å². The highest BCUT2D eigenvalue weighted by molar-refractivity contribution is 6.30. The fraction of sp³-hybridized carbons (Fsp3) is 0.0476. The number of pyridine rings is 1. The molecule has 0 unspecified atom stereocenters. The Morgan fingerprint density at radius 1 is 1.04 bits per heavy atom. The summed E-state index contributed by atoms with van der Waals surface area (Å²) >= 11 is 5.86. The maximum Gasteiger partial charge on any atom is 0.275 e. The zero-order valence-corrected chi connectivity index (χ0v) is 15.4. The Kier molecular flexibility index (Phi) is 4.95. The molecular formula is C21H15ClFN3O2. The number of carbonyl (C=O) groups is 1. The molecule has 140 valence electrons. The lowest BCUT2D eigenvalue weighted by atomic mass is 10.2. The Labute approximate surface area is 165 Å². The second-order valence-corrected chi connectivity index (χ2v) is 6.57. The number of benzene rings is 2. The van der Waals surface area contributed by atoms with E-state index < -0.39 is 5.82 Å². The lowest BCUT2D eigenvalue weighted by Gasteiger charge is -2.08. The van der Waals surface area contributed by atoms with E-state index in [0.29, 0.717) is 28.7 Å². The Morgan fingerprint density at radius 2 is 1.79 bits per heavy atom. The summed E-state index contributed by atoms with van der Waals surface area (Å²) in [6, 6.07) is 17.3. The Balaban J connectivity index is 1.39. The summed E-state index contributed by atoms with van der Waals surface area (Å²) < 4.78 is 20.4. The van der Waals surface area contributed by atoms with Crippen LogP contribution in [0.4, 0.5) is 10.1 Å². The molecule has 0 atom stereocenters. The molecule has 1 N–H and O–H groups in total. The van der Waals surface area contributed by atoms with Gasteiger partial charge in [-0.3, -0.25) is 4.79 Å². The van der Waals surface area contributed by atoms with Crippen molar-refractivity contribution in [2.24, 2.45) is 0 Å². The smallest absolute Gasteiger partial charge is 0.275 e. The largest absolute Gasteiger partial charge is 0.489 e. The summed E-state index contributed by atoms with van der Waals surface area (Å²) in [5.74, 6) is -0.0962. The molecule has 2 aromatic heterocycles. The Hall–Kier alpha value is -3.38. The van der Waals surface area contributed by atoms with Crippen molar-refractivity contribution in [3.8, 4) is 5.75 Å². The minimum absolute atomic E-state index is 0.202. The maximum absolute atomic E-state index is 13.3. The van der Waals surface area contributed by atoms with E-state index >= 15 is 0 Å². The first-order chi connectivity index (χ1) is 13.6. The van der Waals surface area contributed by atoms with Crippen LogP contribution in [0.15, 0.2) is 73.1 Å². The normalized spacial score (nSPS) is 10.8. The van der Waals surface area contributed by atoms with Crippen LogP contribution in [0.25, 0.3) is 5.65 Å². The third-order valence-corrected chi connectivity index (χ3v) is 4.33. The number of fused-ring (bicyclic) bond motifs is 1. The number of ether oxygens (including phenoxy) is 1. The maximum atomic E-state index is 13.3. The van der Waals surface area contributed by atoms with E-state index in [1.54, 1.807) is 24.3 Å². The van der Waals surface area contributed by atoms with E-state index in [4.69, 9.17) is 16.3 Å². The van der Waals surface area contributed by atoms with Crippen LogP contribution in [-0.2, 0) is 6.61 Å². The number of nitrogens with one attached hydrogen (secondary N) is 1. The van der Waals surface area contributed by atoms with Crippen molar-refractivity contribution in [1.29, 1.82) is 0 Å². The standard InChI is InChI=1S/C21H15ClFN3O2/c22-15-3-1-14(2-4-15)13-28-18-8-6-17(7-9-18)24-21(27)19-12-26-11-16(23)5-10-20(26)25-19/h1-12H,13H2,(H,24,27). The molecule has 0 radical (unpaired) electrons. The zero-order valence-electron chi connectivity index (χ0n) is 14.6. The average molecular weight is 396 g/mol. The van der Waals surface area contributed by atoms with Crippen LogP contribution in [0.1, 0.15) is 16.1 Å². The highest BCUT2D eigenvalue weighted by Gasteiger charge is 2.11. The van der Waals surface area contributed by atoms with Crippen LogP contribution in [0, 0.1) is 5.82 Å². The van der Waals surface area contributed by atoms with Gasteiger partial charge in [0.2, 0.25) is 0 Å². The van der Waals surface area contributed by atoms with Gasteiger partial charge in [-0.1, -0.05) is 23.7 Å². The number of nitrogens with zero attached hydrogens (tertiary/aromatic N) is 2. The molecule has 2 aromatic carbocycles. The van der Waals surface area contributed by atoms with Crippen LogP contribution in [0.2, 0.25) is 5.02 Å². The van der Waals surface area contributed by atoms with E-state index in [9.17, 15) is 9.18 Å². The summed E-state index contributed by atoms with van der Waals surface area (Å²) in [5.41, 5.74) is 2.31. The van der Waals surface area contributed by atoms with Crippen LogP contribution >= 0.6 is 11.6 Å². The van der Waals surface area contributed by atoms with Gasteiger partial charge in [0.15, 0.2) is 0 Å². The highest BCUT2D eigenvalue weighted by Crippen LogP contribution is 2.19. The average Bonchev–Trinajstić information content (AvgIpc) is 3.12. The molecular weight excluding hydrogens is 381 g/mol. The molecule has 2 heterocycles. The lowest BCUT2D eigenvalue weighted by Crippen LogP contribution is -2.12. The van der Waals surface area contributed by atoms with Crippen LogP contribution in [0.5, 0.6) is 5.75 Å². The predicted molar refractivity (Wildman–Crippen MR) is 105 cm³/mol. The molecule has 1 amide bonds. The number of hydrogen-bond donors (Lipinski definition) is 1. The first kappa shape index (κ1) is 18.0. The molecule has 0 saturated carbocycles. The molecule has 7 heteroatoms. The van der Waals surface area contributed by atoms with Gasteiger partial charge in [0.1, 0.15) is 29.5 Å². The topological polar surface area (TPSA) is 55.6 Å². The summed E-state index contributed by atoms with van der Waals surface area (Å²) in [4.78, 5) is 16.6. The summed E-state index contributed by atoms with van der Waals surface area (Å²) in [7, 11) is 0. The van der Waals surface area contributed by atoms with Crippen molar-refractivity contribution in [2.75, 3.05) is 5.32 Å². The molecule has 0 saturated heterocycles. The van der Waals surface area contributed by atoms with Crippen molar-refractivity contribution < 1.29 is 13.9 Å². The number of hydrogen-bond acceptors (Lipinski definition) is 3. The summed E-state index contributed by atoms with van der Waals surface area (Å²) in [5, 5.41) is 3.44. The van der Waals surface area contributed by atoms with Gasteiger partial charge in [-0.2, -0.15) is 0 Å². The molecule has 0 bridgehead atoms. The second kappa shape index (κ2) is 7.70. The Bertz CT molecular complexity index is 1120. The van der Waals surface area contributed by atoms with E-state index in [1.165, 1.54) is 28.9 Å². The van der Waals surface area contributed by atoms with Crippen molar-refractivity contribution in [3.63, 3.8) is 0 Å². The van der Waals surface area contributed by atoms with Gasteiger partial charge in [0, 0.05) is 23.1 Å². The third kappa shape index (κ3) is 4.13. The van der Waals surface area contributed by atoms with Gasteiger partial charge in [-0.05, 0) is 54.1 Å². The van der Waals surface area contributed by atoms with Crippen LogP contribution in [0.3, 0.4) is 0 Å². The van der Waals surface area contributed by atoms with Gasteiger partial charge in [0.25, 0.3) is 5.91 Å². The quantitative estimate of drug-likeness (QED) is 0.519. The minimum atomic E-state index is -0.397. The number of halogens is 2. The van der Waals surface area contributed by atoms with Gasteiger partial charge in [-0.25, -0.2) is 9.37 Å². The first-order valence-electron chi connectivity index (χ1n) is 8.50. The summed E-state index contributed by atoms with van der Waals surface area (Å²) in [6.07, 6.45) is 2.75. The molecule has 4 rings (SSSR count). The van der Waals surface area contributed by atoms with Crippen molar-refractivity contribution in [1.82, 2.24) is 9.38 Å². The molecule has 0 spiro atoms. The van der Waals surface area contributed by atoms with Gasteiger partial charge < -0.3 is 14.5 Å². The number of carbonyl (C=O) groups excluding carboxylic acids is 1. The molecule has 0 aliphatic rings. The van der Waals surface area contributed by atoms with Crippen molar-refractivity contribution in [2.45, 2.75) is 6.61 Å². The number of imidazole rings is 1. The molecule has 0 aliphatic carbocycles. The number of amides is 1. The van der Waals surface area contributed by atoms with Crippen LogP contribution < -0.4 is 10.1 Å². The zero-order chi connectivity index (χ0) is 19.5. The molecule has 5 nitrogen and oxygen atoms in total. The van der Waals surface area contributed by atoms with Gasteiger partial charge in [-0.15, -0.1) is 0 Å². The van der Waals surface area contributed by atoms with E-state index in [-0.39, 0.29) is 11.6 Å². The number of aromatic nitrogens is 2. The highest BCUT2D eigenvalue weighted by atomic mass is 35.5. The second-order valence-electron chi connectivity index (χ2n) is 6.13. The molecule has 4 aromatic rings. The van der Waals surface area contributed by atoms with Crippen molar-refractivity contribution >= 4 is 28.8 Å². The number of anilines is 1. The third-order valence-electron chi connectivity index (χ3n) is 4.08. The van der Waals surface area contributed by atoms with E-state index in [2.05, 4.69) is 10.3 Å². The monoisotopic (exact) mass is 395 g/mol. The minimum Gasteiger partial charge on any atom is -0.489 e. The lowest BCUT2D eigenvalue weighted by molar-refractivity contribution is 0.102. The summed E-state index contributed by atoms with van der Waals surface area (Å²) in [6.45, 7) is 0.417. The van der Waals surface area contributed by atoms with Gasteiger partial charge >= 0.3 is 0 Å². The molecule has 0 fully saturated rings. The molecule has 0 aliphatic heterocycles. The van der Waals surface area contributed by atoms with Crippen LogP contribution in [-0.4, -0.2) is 15.3 Å². The fourth-order valence-corrected chi connectivity index (χ4v) is 2.78. The predicted octanol–water partition coefficient (Wildman–Crippen LogP) is 4.96. The van der Waals surface area contributed by atoms with E-state index in [0.717, 1.165) is 5.56 Å².